The third-order valence-corrected chi connectivity index (χ3v) is 4.48. The van der Waals surface area contributed by atoms with E-state index in [1.807, 2.05) is 25.1 Å². The van der Waals surface area contributed by atoms with Crippen molar-refractivity contribution in [2.24, 2.45) is 0 Å². The fourth-order valence-electron chi connectivity index (χ4n) is 2.36. The van der Waals surface area contributed by atoms with Gasteiger partial charge in [0, 0.05) is 13.1 Å². The van der Waals surface area contributed by atoms with Crippen molar-refractivity contribution in [3.8, 4) is 0 Å². The van der Waals surface area contributed by atoms with Crippen molar-refractivity contribution in [3.63, 3.8) is 0 Å². The van der Waals surface area contributed by atoms with Crippen LogP contribution in [0.25, 0.3) is 0 Å². The number of ether oxygens (including phenoxy) is 1. The topological polar surface area (TPSA) is 32.8 Å². The molecule has 0 aromatic heterocycles. The summed E-state index contributed by atoms with van der Waals surface area (Å²) in [5.74, 6) is -0.0195. The average Bonchev–Trinajstić information content (AvgIpc) is 2.56. The summed E-state index contributed by atoms with van der Waals surface area (Å²) >= 11 is 12.1. The number of hydrogen-bond donors (Lipinski definition) is 0. The summed E-state index contributed by atoms with van der Waals surface area (Å²) in [6, 6.07) is 5.45. The molecule has 1 amide bonds. The zero-order chi connectivity index (χ0) is 18.8. The van der Waals surface area contributed by atoms with Crippen molar-refractivity contribution >= 4 is 29.1 Å². The van der Waals surface area contributed by atoms with Crippen LogP contribution < -0.4 is 0 Å². The van der Waals surface area contributed by atoms with Gasteiger partial charge in [-0.3, -0.25) is 4.79 Å². The van der Waals surface area contributed by atoms with Gasteiger partial charge in [0.2, 0.25) is 0 Å². The van der Waals surface area contributed by atoms with Gasteiger partial charge in [0.1, 0.15) is 6.10 Å². The van der Waals surface area contributed by atoms with Gasteiger partial charge in [-0.2, -0.15) is 0 Å². The standard InChI is InChI=1S/C19H28Cl2N2O2/c1-5-6-12-25-15(2)19(24)23(11-7-10-22(3)4)14-16-8-9-17(20)18(21)13-16/h5,8-9,13,15H,1,6-7,10-12,14H2,2-4H3. The number of benzene rings is 1. The van der Waals surface area contributed by atoms with Gasteiger partial charge in [-0.15, -0.1) is 6.58 Å². The zero-order valence-electron chi connectivity index (χ0n) is 15.3. The molecule has 1 aromatic carbocycles. The molecule has 0 aliphatic carbocycles. The first-order chi connectivity index (χ1) is 11.8. The minimum Gasteiger partial charge on any atom is -0.368 e. The van der Waals surface area contributed by atoms with E-state index < -0.39 is 6.10 Å². The molecular weight excluding hydrogens is 359 g/mol. The SMILES string of the molecule is C=CCCOC(C)C(=O)N(CCCN(C)C)Cc1ccc(Cl)c(Cl)c1. The highest BCUT2D eigenvalue weighted by Gasteiger charge is 2.21. The Labute approximate surface area is 161 Å². The predicted molar refractivity (Wildman–Crippen MR) is 105 cm³/mol. The van der Waals surface area contributed by atoms with Crippen LogP contribution in [0.15, 0.2) is 30.9 Å². The van der Waals surface area contributed by atoms with Gasteiger partial charge in [0.15, 0.2) is 0 Å². The summed E-state index contributed by atoms with van der Waals surface area (Å²) < 4.78 is 5.61. The minimum atomic E-state index is -0.484. The van der Waals surface area contributed by atoms with E-state index in [1.165, 1.54) is 0 Å². The van der Waals surface area contributed by atoms with E-state index in [-0.39, 0.29) is 5.91 Å². The van der Waals surface area contributed by atoms with E-state index in [0.717, 1.165) is 24.9 Å². The number of rotatable bonds is 11. The highest BCUT2D eigenvalue weighted by molar-refractivity contribution is 6.42. The first-order valence-electron chi connectivity index (χ1n) is 8.45. The Morgan fingerprint density at radius 1 is 1.28 bits per heavy atom. The van der Waals surface area contributed by atoms with Crippen LogP contribution in [0.3, 0.4) is 0 Å². The number of nitrogens with zero attached hydrogens (tertiary/aromatic N) is 2. The summed E-state index contributed by atoms with van der Waals surface area (Å²) in [6.45, 7) is 8.01. The lowest BCUT2D eigenvalue weighted by Gasteiger charge is -2.27. The second kappa shape index (κ2) is 11.5. The molecule has 0 N–H and O–H groups in total. The smallest absolute Gasteiger partial charge is 0.251 e. The fraction of sp³-hybridized carbons (Fsp3) is 0.526. The molecule has 0 heterocycles. The Kier molecular flexibility index (Phi) is 10.1. The second-order valence-electron chi connectivity index (χ2n) is 6.26. The first-order valence-corrected chi connectivity index (χ1v) is 9.20. The van der Waals surface area contributed by atoms with E-state index >= 15 is 0 Å². The highest BCUT2D eigenvalue weighted by Crippen LogP contribution is 2.23. The lowest BCUT2D eigenvalue weighted by Crippen LogP contribution is -2.40. The third kappa shape index (κ3) is 8.23. The van der Waals surface area contributed by atoms with E-state index in [4.69, 9.17) is 27.9 Å². The van der Waals surface area contributed by atoms with Crippen LogP contribution >= 0.6 is 23.2 Å². The van der Waals surface area contributed by atoms with Crippen molar-refractivity contribution in [2.45, 2.75) is 32.4 Å². The Bertz CT molecular complexity index is 564. The summed E-state index contributed by atoms with van der Waals surface area (Å²) in [4.78, 5) is 16.7. The molecular formula is C19H28Cl2N2O2. The Morgan fingerprint density at radius 2 is 2.00 bits per heavy atom. The highest BCUT2D eigenvalue weighted by atomic mass is 35.5. The molecule has 0 radical (unpaired) electrons. The number of halogens is 2. The molecule has 0 spiro atoms. The molecule has 0 saturated heterocycles. The summed E-state index contributed by atoms with van der Waals surface area (Å²) in [6.07, 6.45) is 2.91. The Balaban J connectivity index is 2.77. The largest absolute Gasteiger partial charge is 0.368 e. The number of hydrogen-bond acceptors (Lipinski definition) is 3. The van der Waals surface area contributed by atoms with Crippen LogP contribution in [0.2, 0.25) is 10.0 Å². The maximum atomic E-state index is 12.8. The summed E-state index contributed by atoms with van der Waals surface area (Å²) in [5.41, 5.74) is 0.950. The molecule has 1 aromatic rings. The van der Waals surface area contributed by atoms with E-state index in [2.05, 4.69) is 11.5 Å². The zero-order valence-corrected chi connectivity index (χ0v) is 16.8. The van der Waals surface area contributed by atoms with Gasteiger partial charge < -0.3 is 14.5 Å². The normalized spacial score (nSPS) is 12.2. The maximum absolute atomic E-state index is 12.8. The van der Waals surface area contributed by atoms with Crippen molar-refractivity contribution in [1.82, 2.24) is 9.80 Å². The molecule has 140 valence electrons. The molecule has 0 saturated carbocycles. The van der Waals surface area contributed by atoms with Gasteiger partial charge in [-0.05, 0) is 58.1 Å². The Hall–Kier alpha value is -1.07. The lowest BCUT2D eigenvalue weighted by molar-refractivity contribution is -0.143. The molecule has 25 heavy (non-hydrogen) atoms. The Morgan fingerprint density at radius 3 is 2.60 bits per heavy atom. The van der Waals surface area contributed by atoms with Crippen LogP contribution in [-0.4, -0.2) is 55.6 Å². The molecule has 1 atom stereocenters. The number of carbonyl (C=O) groups is 1. The van der Waals surface area contributed by atoms with Gasteiger partial charge in [-0.1, -0.05) is 35.3 Å². The van der Waals surface area contributed by atoms with Crippen LogP contribution in [0.1, 0.15) is 25.3 Å². The summed E-state index contributed by atoms with van der Waals surface area (Å²) in [7, 11) is 4.04. The molecule has 0 aliphatic rings. The maximum Gasteiger partial charge on any atom is 0.251 e. The second-order valence-corrected chi connectivity index (χ2v) is 7.07. The molecule has 0 aliphatic heterocycles. The van der Waals surface area contributed by atoms with Crippen molar-refractivity contribution in [3.05, 3.63) is 46.5 Å². The van der Waals surface area contributed by atoms with Gasteiger partial charge in [0.25, 0.3) is 5.91 Å². The quantitative estimate of drug-likeness (QED) is 0.420. The van der Waals surface area contributed by atoms with Gasteiger partial charge in [0.05, 0.1) is 16.7 Å². The lowest BCUT2D eigenvalue weighted by atomic mass is 10.2. The molecule has 1 rings (SSSR count). The number of carbonyl (C=O) groups excluding carboxylic acids is 1. The molecule has 4 nitrogen and oxygen atoms in total. The summed E-state index contributed by atoms with van der Waals surface area (Å²) in [5, 5.41) is 1.01. The third-order valence-electron chi connectivity index (χ3n) is 3.74. The fourth-order valence-corrected chi connectivity index (χ4v) is 2.68. The molecule has 6 heteroatoms. The average molecular weight is 387 g/mol. The van der Waals surface area contributed by atoms with Crippen LogP contribution in [0.5, 0.6) is 0 Å². The minimum absolute atomic E-state index is 0.0195. The van der Waals surface area contributed by atoms with Gasteiger partial charge in [-0.25, -0.2) is 0 Å². The molecule has 1 unspecified atom stereocenters. The van der Waals surface area contributed by atoms with Crippen molar-refractivity contribution < 1.29 is 9.53 Å². The van der Waals surface area contributed by atoms with Crippen molar-refractivity contribution in [2.75, 3.05) is 33.8 Å². The monoisotopic (exact) mass is 386 g/mol. The van der Waals surface area contributed by atoms with E-state index in [0.29, 0.717) is 29.7 Å². The van der Waals surface area contributed by atoms with Crippen LogP contribution in [0, 0.1) is 0 Å². The molecule has 0 fully saturated rings. The predicted octanol–water partition coefficient (Wildman–Crippen LogP) is 4.25. The van der Waals surface area contributed by atoms with Crippen LogP contribution in [-0.2, 0) is 16.1 Å². The van der Waals surface area contributed by atoms with Crippen molar-refractivity contribution in [1.29, 1.82) is 0 Å². The van der Waals surface area contributed by atoms with E-state index in [9.17, 15) is 4.79 Å². The van der Waals surface area contributed by atoms with Crippen LogP contribution in [0.4, 0.5) is 0 Å². The number of amides is 1. The first kappa shape index (κ1) is 22.0. The molecule has 0 bridgehead atoms. The van der Waals surface area contributed by atoms with Gasteiger partial charge >= 0.3 is 0 Å². The van der Waals surface area contributed by atoms with E-state index in [1.54, 1.807) is 25.1 Å².